The molecule has 2 aromatic rings. The number of fused-ring (bicyclic) bond motifs is 1. The number of ether oxygens (including phenoxy) is 2. The lowest BCUT2D eigenvalue weighted by Gasteiger charge is -2.30. The Balaban J connectivity index is 1.74. The lowest BCUT2D eigenvalue weighted by Crippen LogP contribution is -2.49. The molecule has 2 amide bonds. The Kier molecular flexibility index (Phi) is 9.83. The first-order chi connectivity index (χ1) is 17.5. The van der Waals surface area contributed by atoms with E-state index in [1.54, 1.807) is 25.1 Å². The second kappa shape index (κ2) is 12.6. The molecule has 2 aromatic carbocycles. The van der Waals surface area contributed by atoms with Gasteiger partial charge in [0.1, 0.15) is 19.3 Å². The molecule has 0 spiro atoms. The maximum Gasteiger partial charge on any atom is 0.242 e. The molecule has 1 aliphatic rings. The summed E-state index contributed by atoms with van der Waals surface area (Å²) in [6, 6.07) is 11.8. The lowest BCUT2D eigenvalue weighted by molar-refractivity contribution is -0.140. The summed E-state index contributed by atoms with van der Waals surface area (Å²) in [5.41, 5.74) is 1.32. The molecule has 0 bridgehead atoms. The Bertz CT molecular complexity index is 1220. The predicted octanol–water partition coefficient (Wildman–Crippen LogP) is 3.71. The zero-order valence-electron chi connectivity index (χ0n) is 21.6. The number of amides is 2. The van der Waals surface area contributed by atoms with Gasteiger partial charge in [-0.15, -0.1) is 0 Å². The third-order valence-corrected chi connectivity index (χ3v) is 7.49. The van der Waals surface area contributed by atoms with Crippen molar-refractivity contribution in [3.8, 4) is 11.5 Å². The molecule has 1 heterocycles. The van der Waals surface area contributed by atoms with E-state index in [1.807, 2.05) is 38.1 Å². The molecule has 0 radical (unpaired) electrons. The van der Waals surface area contributed by atoms with E-state index in [1.165, 1.54) is 9.21 Å². The molecule has 0 saturated heterocycles. The average molecular weight is 597 g/mol. The van der Waals surface area contributed by atoms with Gasteiger partial charge in [0.15, 0.2) is 11.5 Å². The van der Waals surface area contributed by atoms with Gasteiger partial charge in [0.05, 0.1) is 11.9 Å². The Morgan fingerprint density at radius 3 is 2.41 bits per heavy atom. The van der Waals surface area contributed by atoms with Gasteiger partial charge in [-0.1, -0.05) is 28.1 Å². The fourth-order valence-electron chi connectivity index (χ4n) is 4.01. The topological polar surface area (TPSA) is 105 Å². The first-order valence-electron chi connectivity index (χ1n) is 12.2. The molecule has 1 aliphatic heterocycles. The number of anilines is 1. The molecule has 3 rings (SSSR count). The minimum Gasteiger partial charge on any atom is -0.486 e. The summed E-state index contributed by atoms with van der Waals surface area (Å²) in [5, 5.41) is 2.86. The van der Waals surface area contributed by atoms with Gasteiger partial charge in [-0.2, -0.15) is 0 Å². The summed E-state index contributed by atoms with van der Waals surface area (Å²) < 4.78 is 38.4. The van der Waals surface area contributed by atoms with Crippen molar-refractivity contribution < 1.29 is 27.5 Å². The quantitative estimate of drug-likeness (QED) is 0.424. The number of benzene rings is 2. The summed E-state index contributed by atoms with van der Waals surface area (Å²) in [7, 11) is -3.62. The van der Waals surface area contributed by atoms with E-state index < -0.39 is 16.1 Å². The zero-order chi connectivity index (χ0) is 27.2. The molecule has 1 N–H and O–H groups in total. The van der Waals surface area contributed by atoms with E-state index in [4.69, 9.17) is 9.47 Å². The normalized spacial score (nSPS) is 13.7. The molecule has 0 aromatic heterocycles. The van der Waals surface area contributed by atoms with Crippen molar-refractivity contribution in [3.63, 3.8) is 0 Å². The number of sulfonamides is 1. The van der Waals surface area contributed by atoms with E-state index >= 15 is 0 Å². The highest BCUT2D eigenvalue weighted by Gasteiger charge is 2.27. The number of hydrogen-bond acceptors (Lipinski definition) is 6. The molecule has 11 heteroatoms. The van der Waals surface area contributed by atoms with Gasteiger partial charge >= 0.3 is 0 Å². The number of carbonyl (C=O) groups is 2. The number of rotatable bonds is 11. The van der Waals surface area contributed by atoms with Crippen LogP contribution < -0.4 is 19.1 Å². The third kappa shape index (κ3) is 8.10. The number of hydrogen-bond donors (Lipinski definition) is 1. The van der Waals surface area contributed by atoms with Gasteiger partial charge in [0.2, 0.25) is 21.8 Å². The minimum absolute atomic E-state index is 0.0629. The van der Waals surface area contributed by atoms with Crippen LogP contribution in [-0.4, -0.2) is 63.2 Å². The first-order valence-corrected chi connectivity index (χ1v) is 14.8. The van der Waals surface area contributed by atoms with E-state index in [9.17, 15) is 18.0 Å². The monoisotopic (exact) mass is 595 g/mol. The maximum atomic E-state index is 13.4. The molecular formula is C26H34BrN3O6S. The van der Waals surface area contributed by atoms with Crippen molar-refractivity contribution in [3.05, 3.63) is 52.5 Å². The Morgan fingerprint density at radius 2 is 1.76 bits per heavy atom. The van der Waals surface area contributed by atoms with E-state index in [0.717, 1.165) is 16.3 Å². The van der Waals surface area contributed by atoms with Crippen molar-refractivity contribution >= 4 is 43.5 Å². The second-order valence-electron chi connectivity index (χ2n) is 9.26. The highest BCUT2D eigenvalue weighted by atomic mass is 79.9. The van der Waals surface area contributed by atoms with Gasteiger partial charge in [-0.3, -0.25) is 13.9 Å². The zero-order valence-corrected chi connectivity index (χ0v) is 24.0. The molecule has 1 atom stereocenters. The van der Waals surface area contributed by atoms with Crippen LogP contribution in [0.4, 0.5) is 5.69 Å². The maximum absolute atomic E-state index is 13.4. The Morgan fingerprint density at radius 1 is 1.05 bits per heavy atom. The lowest BCUT2D eigenvalue weighted by atomic mass is 10.1. The van der Waals surface area contributed by atoms with Crippen LogP contribution in [0, 0.1) is 0 Å². The second-order valence-corrected chi connectivity index (χ2v) is 12.1. The molecule has 0 aliphatic carbocycles. The molecular weight excluding hydrogens is 562 g/mol. The fourth-order valence-corrected chi connectivity index (χ4v) is 5.41. The van der Waals surface area contributed by atoms with Crippen LogP contribution in [-0.2, 0) is 26.2 Å². The SMILES string of the molecule is CC(C)NC(=O)[C@H](C)N(Cc1cccc(Br)c1)C(=O)CCCN(c1ccc2c(c1)OCCO2)S(C)(=O)=O. The summed E-state index contributed by atoms with van der Waals surface area (Å²) in [6.45, 7) is 6.61. The molecule has 9 nitrogen and oxygen atoms in total. The molecule has 0 saturated carbocycles. The fraction of sp³-hybridized carbons (Fsp3) is 0.462. The highest BCUT2D eigenvalue weighted by Crippen LogP contribution is 2.34. The standard InChI is InChI=1S/C26H34BrN3O6S/c1-18(2)28-26(32)19(3)29(17-20-7-5-8-21(27)15-20)25(31)9-6-12-30(37(4,33)34)22-10-11-23-24(16-22)36-14-13-35-23/h5,7-8,10-11,15-16,18-19H,6,9,12-14,17H2,1-4H3,(H,28,32)/t19-/m0/s1. The largest absolute Gasteiger partial charge is 0.486 e. The number of nitrogens with one attached hydrogen (secondary N) is 1. The summed E-state index contributed by atoms with van der Waals surface area (Å²) in [5.74, 6) is 0.573. The van der Waals surface area contributed by atoms with Crippen molar-refractivity contribution in [2.24, 2.45) is 0 Å². The van der Waals surface area contributed by atoms with Crippen molar-refractivity contribution in [1.82, 2.24) is 10.2 Å². The van der Waals surface area contributed by atoms with E-state index in [2.05, 4.69) is 21.2 Å². The minimum atomic E-state index is -3.62. The Hall–Kier alpha value is -2.79. The van der Waals surface area contributed by atoms with Crippen LogP contribution in [0.2, 0.25) is 0 Å². The van der Waals surface area contributed by atoms with E-state index in [-0.39, 0.29) is 43.8 Å². The number of halogens is 1. The number of nitrogens with zero attached hydrogens (tertiary/aromatic N) is 2. The van der Waals surface area contributed by atoms with Crippen LogP contribution >= 0.6 is 15.9 Å². The van der Waals surface area contributed by atoms with Gasteiger partial charge < -0.3 is 19.7 Å². The van der Waals surface area contributed by atoms with Crippen molar-refractivity contribution in [2.45, 2.75) is 52.2 Å². The van der Waals surface area contributed by atoms with Gasteiger partial charge in [0, 0.05) is 36.1 Å². The molecule has 0 fully saturated rings. The van der Waals surface area contributed by atoms with Gasteiger partial charge in [-0.25, -0.2) is 8.42 Å². The predicted molar refractivity (Wildman–Crippen MR) is 146 cm³/mol. The molecule has 202 valence electrons. The molecule has 37 heavy (non-hydrogen) atoms. The van der Waals surface area contributed by atoms with Crippen LogP contribution in [0.3, 0.4) is 0 Å². The van der Waals surface area contributed by atoms with Crippen LogP contribution in [0.25, 0.3) is 0 Å². The summed E-state index contributed by atoms with van der Waals surface area (Å²) in [6.07, 6.45) is 1.47. The van der Waals surface area contributed by atoms with Crippen molar-refractivity contribution in [2.75, 3.05) is 30.3 Å². The third-order valence-electron chi connectivity index (χ3n) is 5.81. The van der Waals surface area contributed by atoms with E-state index in [0.29, 0.717) is 30.4 Å². The van der Waals surface area contributed by atoms with Crippen LogP contribution in [0.1, 0.15) is 39.2 Å². The first kappa shape index (κ1) is 28.8. The smallest absolute Gasteiger partial charge is 0.242 e. The van der Waals surface area contributed by atoms with Gasteiger partial charge in [-0.05, 0) is 57.0 Å². The van der Waals surface area contributed by atoms with Crippen molar-refractivity contribution in [1.29, 1.82) is 0 Å². The van der Waals surface area contributed by atoms with Crippen LogP contribution in [0.5, 0.6) is 11.5 Å². The highest BCUT2D eigenvalue weighted by molar-refractivity contribution is 9.10. The van der Waals surface area contributed by atoms with Crippen LogP contribution in [0.15, 0.2) is 46.9 Å². The average Bonchev–Trinajstić information content (AvgIpc) is 2.83. The number of carbonyl (C=O) groups excluding carboxylic acids is 2. The molecule has 0 unspecified atom stereocenters. The summed E-state index contributed by atoms with van der Waals surface area (Å²) in [4.78, 5) is 27.6. The van der Waals surface area contributed by atoms with Gasteiger partial charge in [0.25, 0.3) is 0 Å². The summed E-state index contributed by atoms with van der Waals surface area (Å²) >= 11 is 3.45. The Labute approximate surface area is 227 Å².